The summed E-state index contributed by atoms with van der Waals surface area (Å²) in [5.41, 5.74) is 0. The van der Waals surface area contributed by atoms with Crippen LogP contribution in [0.3, 0.4) is 0 Å². The third-order valence-corrected chi connectivity index (χ3v) is 1.70. The molecule has 0 rings (SSSR count). The van der Waals surface area contributed by atoms with Crippen molar-refractivity contribution in [1.29, 1.82) is 0 Å². The van der Waals surface area contributed by atoms with Gasteiger partial charge in [-0.2, -0.15) is 0 Å². The Balaban J connectivity index is 0. The molecule has 0 amide bonds. The maximum atomic E-state index is 3.70. The van der Waals surface area contributed by atoms with E-state index in [1.165, 1.54) is 12.8 Å². The maximum absolute atomic E-state index is 3.70. The first-order valence-electron chi connectivity index (χ1n) is 5.19. The van der Waals surface area contributed by atoms with Gasteiger partial charge in [0.25, 0.3) is 0 Å². The molecular formula is C11H25N. The molecule has 0 aliphatic rings. The van der Waals surface area contributed by atoms with Crippen molar-refractivity contribution >= 4 is 0 Å². The standard InChI is InChI=1S/C9H19N.C2H6/c1-4-7-8-9(5-2)10-6-3;1-2/h4,9-10H,1,5-8H2,2-3H3;1-2H3. The Morgan fingerprint density at radius 3 is 2.25 bits per heavy atom. The SMILES string of the molecule is C=CCCC(CC)NCC.CC. The second-order valence-corrected chi connectivity index (χ2v) is 2.53. The van der Waals surface area contributed by atoms with E-state index < -0.39 is 0 Å². The molecule has 0 saturated heterocycles. The molecule has 0 aliphatic heterocycles. The van der Waals surface area contributed by atoms with Gasteiger partial charge < -0.3 is 5.32 Å². The summed E-state index contributed by atoms with van der Waals surface area (Å²) in [6.45, 7) is 13.1. The molecule has 0 spiro atoms. The summed E-state index contributed by atoms with van der Waals surface area (Å²) in [7, 11) is 0. The lowest BCUT2D eigenvalue weighted by Gasteiger charge is -2.13. The lowest BCUT2D eigenvalue weighted by atomic mass is 10.1. The average Bonchev–Trinajstić information content (AvgIpc) is 2.15. The van der Waals surface area contributed by atoms with Gasteiger partial charge in [0, 0.05) is 6.04 Å². The summed E-state index contributed by atoms with van der Waals surface area (Å²) in [5.74, 6) is 0. The molecule has 12 heavy (non-hydrogen) atoms. The number of hydrogen-bond donors (Lipinski definition) is 1. The lowest BCUT2D eigenvalue weighted by molar-refractivity contribution is 0.484. The second-order valence-electron chi connectivity index (χ2n) is 2.53. The Hall–Kier alpha value is -0.300. The van der Waals surface area contributed by atoms with Gasteiger partial charge >= 0.3 is 0 Å². The highest BCUT2D eigenvalue weighted by atomic mass is 14.9. The molecule has 74 valence electrons. The van der Waals surface area contributed by atoms with Crippen LogP contribution in [-0.2, 0) is 0 Å². The van der Waals surface area contributed by atoms with Gasteiger partial charge in [-0.3, -0.25) is 0 Å². The summed E-state index contributed by atoms with van der Waals surface area (Å²) in [6.07, 6.45) is 5.57. The van der Waals surface area contributed by atoms with Crippen LogP contribution >= 0.6 is 0 Å². The van der Waals surface area contributed by atoms with E-state index in [1.807, 2.05) is 19.9 Å². The molecule has 1 N–H and O–H groups in total. The molecule has 1 nitrogen and oxygen atoms in total. The molecular weight excluding hydrogens is 146 g/mol. The molecule has 0 aromatic heterocycles. The fraction of sp³-hybridized carbons (Fsp3) is 0.818. The average molecular weight is 171 g/mol. The Bertz CT molecular complexity index is 79.1. The Kier molecular flexibility index (Phi) is 15.8. The summed E-state index contributed by atoms with van der Waals surface area (Å²) in [4.78, 5) is 0. The van der Waals surface area contributed by atoms with Gasteiger partial charge in [-0.25, -0.2) is 0 Å². The summed E-state index contributed by atoms with van der Waals surface area (Å²) in [6, 6.07) is 0.697. The first-order chi connectivity index (χ1) is 5.85. The zero-order chi connectivity index (χ0) is 9.82. The molecule has 0 aromatic carbocycles. The van der Waals surface area contributed by atoms with E-state index in [4.69, 9.17) is 0 Å². The molecule has 0 radical (unpaired) electrons. The van der Waals surface area contributed by atoms with Crippen LogP contribution in [0.5, 0.6) is 0 Å². The Labute approximate surface area is 78.3 Å². The highest BCUT2D eigenvalue weighted by molar-refractivity contribution is 4.72. The minimum atomic E-state index is 0.697. The van der Waals surface area contributed by atoms with Crippen LogP contribution in [-0.4, -0.2) is 12.6 Å². The van der Waals surface area contributed by atoms with E-state index in [0.717, 1.165) is 13.0 Å². The zero-order valence-corrected chi connectivity index (χ0v) is 9.19. The topological polar surface area (TPSA) is 12.0 Å². The first kappa shape index (κ1) is 14.2. The van der Waals surface area contributed by atoms with Gasteiger partial charge in [0.05, 0.1) is 0 Å². The molecule has 1 heteroatoms. The number of hydrogen-bond acceptors (Lipinski definition) is 1. The Morgan fingerprint density at radius 2 is 1.92 bits per heavy atom. The molecule has 1 atom stereocenters. The van der Waals surface area contributed by atoms with E-state index in [-0.39, 0.29) is 0 Å². The van der Waals surface area contributed by atoms with Crippen molar-refractivity contribution in [3.8, 4) is 0 Å². The smallest absolute Gasteiger partial charge is 0.00672 e. The lowest BCUT2D eigenvalue weighted by Crippen LogP contribution is -2.27. The number of nitrogens with one attached hydrogen (secondary N) is 1. The molecule has 0 fully saturated rings. The highest BCUT2D eigenvalue weighted by Crippen LogP contribution is 2.00. The van der Waals surface area contributed by atoms with Crippen molar-refractivity contribution in [2.75, 3.05) is 6.54 Å². The zero-order valence-electron chi connectivity index (χ0n) is 9.19. The van der Waals surface area contributed by atoms with Gasteiger partial charge in [-0.05, 0) is 25.8 Å². The number of allylic oxidation sites excluding steroid dienone is 1. The third-order valence-electron chi connectivity index (χ3n) is 1.70. The molecule has 0 saturated carbocycles. The van der Waals surface area contributed by atoms with Gasteiger partial charge in [0.15, 0.2) is 0 Å². The van der Waals surface area contributed by atoms with E-state index in [1.54, 1.807) is 0 Å². The van der Waals surface area contributed by atoms with E-state index in [0.29, 0.717) is 6.04 Å². The van der Waals surface area contributed by atoms with Gasteiger partial charge in [-0.1, -0.05) is 33.8 Å². The van der Waals surface area contributed by atoms with Crippen molar-refractivity contribution in [3.63, 3.8) is 0 Å². The van der Waals surface area contributed by atoms with Crippen LogP contribution in [0.1, 0.15) is 47.0 Å². The van der Waals surface area contributed by atoms with Crippen LogP contribution in [0.15, 0.2) is 12.7 Å². The molecule has 0 bridgehead atoms. The van der Waals surface area contributed by atoms with Gasteiger partial charge in [0.2, 0.25) is 0 Å². The van der Waals surface area contributed by atoms with Crippen molar-refractivity contribution in [3.05, 3.63) is 12.7 Å². The van der Waals surface area contributed by atoms with Crippen LogP contribution in [0.4, 0.5) is 0 Å². The van der Waals surface area contributed by atoms with Crippen LogP contribution in [0.2, 0.25) is 0 Å². The van der Waals surface area contributed by atoms with E-state index in [2.05, 4.69) is 25.7 Å². The largest absolute Gasteiger partial charge is 0.314 e. The van der Waals surface area contributed by atoms with Crippen molar-refractivity contribution in [2.24, 2.45) is 0 Å². The fourth-order valence-electron chi connectivity index (χ4n) is 1.06. The van der Waals surface area contributed by atoms with E-state index >= 15 is 0 Å². The first-order valence-corrected chi connectivity index (χ1v) is 5.19. The predicted molar refractivity (Wildman–Crippen MR) is 58.5 cm³/mol. The van der Waals surface area contributed by atoms with Crippen LogP contribution in [0.25, 0.3) is 0 Å². The second kappa shape index (κ2) is 13.3. The molecule has 0 heterocycles. The van der Waals surface area contributed by atoms with Gasteiger partial charge in [0.1, 0.15) is 0 Å². The van der Waals surface area contributed by atoms with Crippen molar-refractivity contribution < 1.29 is 0 Å². The summed E-state index contributed by atoms with van der Waals surface area (Å²) < 4.78 is 0. The monoisotopic (exact) mass is 171 g/mol. The van der Waals surface area contributed by atoms with Crippen molar-refractivity contribution in [2.45, 2.75) is 53.0 Å². The van der Waals surface area contributed by atoms with E-state index in [9.17, 15) is 0 Å². The maximum Gasteiger partial charge on any atom is 0.00672 e. The van der Waals surface area contributed by atoms with Crippen molar-refractivity contribution in [1.82, 2.24) is 5.32 Å². The van der Waals surface area contributed by atoms with Gasteiger partial charge in [-0.15, -0.1) is 6.58 Å². The third kappa shape index (κ3) is 9.70. The molecule has 1 unspecified atom stereocenters. The minimum absolute atomic E-state index is 0.697. The predicted octanol–water partition coefficient (Wildman–Crippen LogP) is 3.37. The molecule has 0 aliphatic carbocycles. The summed E-state index contributed by atoms with van der Waals surface area (Å²) >= 11 is 0. The van der Waals surface area contributed by atoms with Crippen LogP contribution in [0, 0.1) is 0 Å². The summed E-state index contributed by atoms with van der Waals surface area (Å²) in [5, 5.41) is 3.42. The Morgan fingerprint density at radius 1 is 1.33 bits per heavy atom. The molecule has 0 aromatic rings. The quantitative estimate of drug-likeness (QED) is 0.604. The highest BCUT2D eigenvalue weighted by Gasteiger charge is 2.00. The normalized spacial score (nSPS) is 11.3. The fourth-order valence-corrected chi connectivity index (χ4v) is 1.06. The minimum Gasteiger partial charge on any atom is -0.314 e. The van der Waals surface area contributed by atoms with Crippen LogP contribution < -0.4 is 5.32 Å². The number of rotatable bonds is 6.